The summed E-state index contributed by atoms with van der Waals surface area (Å²) in [6.07, 6.45) is 3.54. The molecule has 0 aliphatic heterocycles. The van der Waals surface area contributed by atoms with Crippen LogP contribution in [0.3, 0.4) is 0 Å². The molecule has 0 bridgehead atoms. The maximum absolute atomic E-state index is 12.6. The molecule has 2 aromatic heterocycles. The third kappa shape index (κ3) is 3.10. The number of nitrogens with zero attached hydrogens (tertiary/aromatic N) is 2. The zero-order chi connectivity index (χ0) is 13.9. The van der Waals surface area contributed by atoms with Crippen LogP contribution < -0.4 is 0 Å². The van der Waals surface area contributed by atoms with Gasteiger partial charge in [0.25, 0.3) is 5.91 Å². The van der Waals surface area contributed by atoms with Crippen molar-refractivity contribution in [1.29, 1.82) is 0 Å². The zero-order valence-corrected chi connectivity index (χ0v) is 13.2. The van der Waals surface area contributed by atoms with E-state index >= 15 is 0 Å². The van der Waals surface area contributed by atoms with Crippen LogP contribution in [-0.4, -0.2) is 28.9 Å². The Bertz CT molecular complexity index is 572. The largest absolute Gasteiger partial charge is 0.337 e. The van der Waals surface area contributed by atoms with Crippen LogP contribution in [0.4, 0.5) is 0 Å². The van der Waals surface area contributed by atoms with E-state index in [-0.39, 0.29) is 5.91 Å². The monoisotopic (exact) mass is 306 g/mol. The summed E-state index contributed by atoms with van der Waals surface area (Å²) in [6, 6.07) is 4.06. The number of carbonyl (C=O) groups excluding carboxylic acids is 1. The molecule has 0 aromatic carbocycles. The predicted octanol–water partition coefficient (Wildman–Crippen LogP) is 4.13. The van der Waals surface area contributed by atoms with Crippen molar-refractivity contribution >= 4 is 28.6 Å². The van der Waals surface area contributed by atoms with E-state index in [0.29, 0.717) is 5.69 Å². The summed E-state index contributed by atoms with van der Waals surface area (Å²) in [5.74, 6) is 0.818. The topological polar surface area (TPSA) is 33.2 Å². The Morgan fingerprint density at radius 2 is 2.30 bits per heavy atom. The van der Waals surface area contributed by atoms with Crippen molar-refractivity contribution in [2.45, 2.75) is 26.2 Å². The number of hydrogen-bond acceptors (Lipinski definition) is 4. The third-order valence-corrected chi connectivity index (χ3v) is 5.29. The van der Waals surface area contributed by atoms with Gasteiger partial charge >= 0.3 is 0 Å². The number of thiophene rings is 1. The van der Waals surface area contributed by atoms with Crippen molar-refractivity contribution in [3.05, 3.63) is 28.6 Å². The van der Waals surface area contributed by atoms with Gasteiger partial charge in [-0.15, -0.1) is 22.7 Å². The molecule has 0 spiro atoms. The Morgan fingerprint density at radius 1 is 1.45 bits per heavy atom. The lowest BCUT2D eigenvalue weighted by molar-refractivity contribution is 0.0742. The highest BCUT2D eigenvalue weighted by atomic mass is 32.1. The van der Waals surface area contributed by atoms with E-state index in [1.807, 2.05) is 27.8 Å². The fraction of sp³-hybridized carbons (Fsp3) is 0.467. The quantitative estimate of drug-likeness (QED) is 0.804. The van der Waals surface area contributed by atoms with Crippen molar-refractivity contribution in [2.24, 2.45) is 5.92 Å². The van der Waals surface area contributed by atoms with Crippen molar-refractivity contribution in [2.75, 3.05) is 13.1 Å². The fourth-order valence-corrected chi connectivity index (χ4v) is 3.81. The molecule has 1 amide bonds. The summed E-state index contributed by atoms with van der Waals surface area (Å²) in [7, 11) is 0. The number of aromatic nitrogens is 1. The minimum atomic E-state index is 0.0952. The Labute approximate surface area is 127 Å². The molecule has 20 heavy (non-hydrogen) atoms. The molecule has 0 atom stereocenters. The number of hydrogen-bond donors (Lipinski definition) is 0. The minimum absolute atomic E-state index is 0.0952. The molecule has 1 aliphatic carbocycles. The molecular weight excluding hydrogens is 288 g/mol. The lowest BCUT2D eigenvalue weighted by Crippen LogP contribution is -2.33. The average Bonchev–Trinajstić information content (AvgIpc) is 2.97. The first-order valence-electron chi connectivity index (χ1n) is 7.06. The molecule has 0 unspecified atom stereocenters. The van der Waals surface area contributed by atoms with Crippen LogP contribution in [0.25, 0.3) is 9.88 Å². The molecule has 1 fully saturated rings. The van der Waals surface area contributed by atoms with Crippen LogP contribution in [-0.2, 0) is 0 Å². The summed E-state index contributed by atoms with van der Waals surface area (Å²) in [5.41, 5.74) is 0.604. The van der Waals surface area contributed by atoms with E-state index < -0.39 is 0 Å². The maximum Gasteiger partial charge on any atom is 0.273 e. The van der Waals surface area contributed by atoms with Gasteiger partial charge in [0, 0.05) is 18.5 Å². The Balaban J connectivity index is 1.74. The van der Waals surface area contributed by atoms with E-state index in [9.17, 15) is 4.79 Å². The van der Waals surface area contributed by atoms with Gasteiger partial charge in [0.05, 0.1) is 4.88 Å². The fourth-order valence-electron chi connectivity index (χ4n) is 2.21. The lowest BCUT2D eigenvalue weighted by Gasteiger charge is -2.20. The summed E-state index contributed by atoms with van der Waals surface area (Å²) >= 11 is 3.22. The molecule has 5 heteroatoms. The van der Waals surface area contributed by atoms with Crippen molar-refractivity contribution in [3.63, 3.8) is 0 Å². The molecule has 0 radical (unpaired) electrons. The van der Waals surface area contributed by atoms with E-state index in [2.05, 4.69) is 11.9 Å². The predicted molar refractivity (Wildman–Crippen MR) is 84.3 cm³/mol. The van der Waals surface area contributed by atoms with Crippen LogP contribution in [0.15, 0.2) is 22.9 Å². The number of amides is 1. The standard InChI is InChI=1S/C15H18N2OS2/c1-2-7-17(9-11-5-6-11)15(18)12-10-20-14(16-12)13-4-3-8-19-13/h3-4,8,10-11H,2,5-7,9H2,1H3. The van der Waals surface area contributed by atoms with Crippen LogP contribution in [0, 0.1) is 5.92 Å². The van der Waals surface area contributed by atoms with Gasteiger partial charge in [-0.3, -0.25) is 4.79 Å². The molecule has 1 aliphatic rings. The first kappa shape index (κ1) is 13.8. The molecule has 0 saturated heterocycles. The Hall–Kier alpha value is -1.20. The van der Waals surface area contributed by atoms with Crippen LogP contribution in [0.2, 0.25) is 0 Å². The van der Waals surface area contributed by atoms with E-state index in [1.165, 1.54) is 12.8 Å². The minimum Gasteiger partial charge on any atom is -0.337 e. The van der Waals surface area contributed by atoms with Gasteiger partial charge in [0.1, 0.15) is 10.7 Å². The van der Waals surface area contributed by atoms with Gasteiger partial charge in [-0.2, -0.15) is 0 Å². The second-order valence-electron chi connectivity index (χ2n) is 5.21. The second-order valence-corrected chi connectivity index (χ2v) is 7.02. The molecule has 2 heterocycles. The van der Waals surface area contributed by atoms with Crippen LogP contribution in [0.1, 0.15) is 36.7 Å². The van der Waals surface area contributed by atoms with Gasteiger partial charge < -0.3 is 4.90 Å². The molecule has 3 rings (SSSR count). The molecule has 3 nitrogen and oxygen atoms in total. The maximum atomic E-state index is 12.6. The summed E-state index contributed by atoms with van der Waals surface area (Å²) in [4.78, 5) is 20.2. The van der Waals surface area contributed by atoms with Crippen molar-refractivity contribution in [3.8, 4) is 9.88 Å². The van der Waals surface area contributed by atoms with Gasteiger partial charge in [0.2, 0.25) is 0 Å². The van der Waals surface area contributed by atoms with Crippen LogP contribution >= 0.6 is 22.7 Å². The number of carbonyl (C=O) groups is 1. The second kappa shape index (κ2) is 6.06. The average molecular weight is 306 g/mol. The van der Waals surface area contributed by atoms with Crippen molar-refractivity contribution in [1.82, 2.24) is 9.88 Å². The highest BCUT2D eigenvalue weighted by Gasteiger charge is 2.27. The molecule has 1 saturated carbocycles. The van der Waals surface area contributed by atoms with E-state index in [4.69, 9.17) is 0 Å². The van der Waals surface area contributed by atoms with Gasteiger partial charge in [-0.05, 0) is 36.6 Å². The highest BCUT2D eigenvalue weighted by molar-refractivity contribution is 7.20. The highest BCUT2D eigenvalue weighted by Crippen LogP contribution is 2.31. The third-order valence-electron chi connectivity index (χ3n) is 3.41. The molecular formula is C15H18N2OS2. The van der Waals surface area contributed by atoms with Crippen LogP contribution in [0.5, 0.6) is 0 Å². The van der Waals surface area contributed by atoms with Crippen molar-refractivity contribution < 1.29 is 4.79 Å². The van der Waals surface area contributed by atoms with Gasteiger partial charge in [-0.1, -0.05) is 13.0 Å². The number of rotatable bonds is 6. The number of thiazole rings is 1. The summed E-state index contributed by atoms with van der Waals surface area (Å²) in [6.45, 7) is 3.85. The Morgan fingerprint density at radius 3 is 2.95 bits per heavy atom. The van der Waals surface area contributed by atoms with Gasteiger partial charge in [0.15, 0.2) is 0 Å². The molecule has 106 valence electrons. The first-order valence-corrected chi connectivity index (χ1v) is 8.82. The SMILES string of the molecule is CCCN(CC1CC1)C(=O)c1csc(-c2cccs2)n1. The summed E-state index contributed by atoms with van der Waals surface area (Å²) < 4.78 is 0. The lowest BCUT2D eigenvalue weighted by atomic mass is 10.3. The van der Waals surface area contributed by atoms with Gasteiger partial charge in [-0.25, -0.2) is 4.98 Å². The smallest absolute Gasteiger partial charge is 0.273 e. The van der Waals surface area contributed by atoms with E-state index in [1.54, 1.807) is 22.7 Å². The summed E-state index contributed by atoms with van der Waals surface area (Å²) in [5, 5.41) is 4.88. The molecule has 2 aromatic rings. The zero-order valence-electron chi connectivity index (χ0n) is 11.5. The van der Waals surface area contributed by atoms with E-state index in [0.717, 1.165) is 35.3 Å². The Kier molecular flexibility index (Phi) is 4.17. The molecule has 0 N–H and O–H groups in total. The normalized spacial score (nSPS) is 14.4. The first-order chi connectivity index (χ1) is 9.78.